The van der Waals surface area contributed by atoms with Crippen LogP contribution in [-0.2, 0) is 27.4 Å². The van der Waals surface area contributed by atoms with Gasteiger partial charge in [-0.3, -0.25) is 0 Å². The average Bonchev–Trinajstić information content (AvgIpc) is 0.722. The molecule has 0 bridgehead atoms. The summed E-state index contributed by atoms with van der Waals surface area (Å²) in [7, 11) is -4.42. The van der Waals surface area contributed by atoms with E-state index in [0.717, 1.165) is 0 Å². The van der Waals surface area contributed by atoms with Gasteiger partial charge in [-0.15, -0.1) is 0 Å². The van der Waals surface area contributed by atoms with Crippen molar-refractivity contribution >= 4 is 10.3 Å². The summed E-state index contributed by atoms with van der Waals surface area (Å²) in [5, 5.41) is 3.77. The van der Waals surface area contributed by atoms with Gasteiger partial charge in [0.2, 0.25) is 0 Å². The molecule has 0 aliphatic carbocycles. The zero-order chi connectivity index (χ0) is 4.50. The summed E-state index contributed by atoms with van der Waals surface area (Å²) in [5.74, 6) is 0. The monoisotopic (exact) mass is 152 g/mol. The van der Waals surface area contributed by atoms with Gasteiger partial charge in [0.15, 0.2) is 10.3 Å². The van der Waals surface area contributed by atoms with E-state index in [4.69, 9.17) is 13.0 Å². The van der Waals surface area contributed by atoms with Gasteiger partial charge in [0.25, 0.3) is 0 Å². The smallest absolute Gasteiger partial charge is 0.156 e. The summed E-state index contributed by atoms with van der Waals surface area (Å²) >= 11 is 0. The van der Waals surface area contributed by atoms with E-state index in [-0.39, 0.29) is 17.1 Å². The first-order valence-corrected chi connectivity index (χ1v) is 2.21. The second kappa shape index (κ2) is 2.54. The predicted molar refractivity (Wildman–Crippen MR) is 13.9 cm³/mol. The summed E-state index contributed by atoms with van der Waals surface area (Å²) in [6.07, 6.45) is 0. The molecule has 2 N–H and O–H groups in total. The molecule has 0 radical (unpaired) electrons. The Bertz CT molecular complexity index is 94.0. The Kier molecular flexibility index (Phi) is 4.08. The largest absolute Gasteiger partial charge is 0.736 e. The molecule has 6 heavy (non-hydrogen) atoms. The molecular formula is H2FeNO3S-. The molecule has 0 aromatic rings. The van der Waals surface area contributed by atoms with Crippen LogP contribution in [0.3, 0.4) is 0 Å². The first-order valence-electron chi connectivity index (χ1n) is 0.736. The van der Waals surface area contributed by atoms with Crippen LogP contribution in [0, 0.1) is 0 Å². The fourth-order valence-electron chi connectivity index (χ4n) is 0. The molecule has 0 aromatic heterocycles. The average molecular weight is 152 g/mol. The van der Waals surface area contributed by atoms with Crippen molar-refractivity contribution in [1.82, 2.24) is 0 Å². The molecule has 0 rings (SSSR count). The van der Waals surface area contributed by atoms with Gasteiger partial charge in [-0.05, 0) is 0 Å². The maximum absolute atomic E-state index is 8.85. The van der Waals surface area contributed by atoms with Crippen molar-refractivity contribution in [1.29, 1.82) is 0 Å². The van der Waals surface area contributed by atoms with E-state index in [0.29, 0.717) is 0 Å². The molecule has 4 nitrogen and oxygen atoms in total. The molecule has 40 valence electrons. The Labute approximate surface area is 46.1 Å². The molecule has 0 heterocycles. The van der Waals surface area contributed by atoms with E-state index >= 15 is 0 Å². The molecule has 0 unspecified atom stereocenters. The SMILES string of the molecule is NS(=O)(=O)[O-].[Fe]. The third-order valence-electron chi connectivity index (χ3n) is 0. The first kappa shape index (κ1) is 9.63. The van der Waals surface area contributed by atoms with Gasteiger partial charge in [0, 0.05) is 17.1 Å². The summed E-state index contributed by atoms with van der Waals surface area (Å²) in [6.45, 7) is 0. The Hall–Kier alpha value is 0.389. The predicted octanol–water partition coefficient (Wildman–Crippen LogP) is -1.60. The van der Waals surface area contributed by atoms with Crippen LogP contribution in [-0.4, -0.2) is 13.0 Å². The second-order valence-corrected chi connectivity index (χ2v) is 1.48. The standard InChI is InChI=1S/Fe.H3NO3S/c;1-5(2,3)4/h;(H3,1,2,3,4)/p-1. The molecule has 0 amide bonds. The van der Waals surface area contributed by atoms with Crippen LogP contribution in [0.5, 0.6) is 0 Å². The van der Waals surface area contributed by atoms with E-state index in [1.807, 2.05) is 0 Å². The summed E-state index contributed by atoms with van der Waals surface area (Å²) in [4.78, 5) is 0. The third-order valence-corrected chi connectivity index (χ3v) is 0. The Balaban J connectivity index is 0. The maximum atomic E-state index is 8.85. The zero-order valence-electron chi connectivity index (χ0n) is 2.56. The van der Waals surface area contributed by atoms with Gasteiger partial charge in [-0.1, -0.05) is 0 Å². The minimum absolute atomic E-state index is 0. The molecule has 0 saturated heterocycles. The van der Waals surface area contributed by atoms with E-state index in [9.17, 15) is 0 Å². The van der Waals surface area contributed by atoms with E-state index in [2.05, 4.69) is 5.14 Å². The molecule has 0 saturated carbocycles. The van der Waals surface area contributed by atoms with Crippen molar-refractivity contribution in [2.24, 2.45) is 5.14 Å². The quantitative estimate of drug-likeness (QED) is 0.335. The minimum Gasteiger partial charge on any atom is -0.736 e. The van der Waals surface area contributed by atoms with Crippen LogP contribution in [0.25, 0.3) is 0 Å². The Morgan fingerprint density at radius 2 is 1.50 bits per heavy atom. The minimum atomic E-state index is -4.42. The van der Waals surface area contributed by atoms with Gasteiger partial charge in [-0.2, -0.15) is 0 Å². The normalized spacial score (nSPS) is 9.67. The van der Waals surface area contributed by atoms with Gasteiger partial charge in [0.05, 0.1) is 0 Å². The van der Waals surface area contributed by atoms with Crippen LogP contribution in [0.4, 0.5) is 0 Å². The summed E-state index contributed by atoms with van der Waals surface area (Å²) < 4.78 is 26.6. The Morgan fingerprint density at radius 3 is 1.50 bits per heavy atom. The molecule has 0 spiro atoms. The van der Waals surface area contributed by atoms with Crippen LogP contribution >= 0.6 is 0 Å². The van der Waals surface area contributed by atoms with Crippen molar-refractivity contribution in [3.05, 3.63) is 0 Å². The van der Waals surface area contributed by atoms with Gasteiger partial charge in [-0.25, -0.2) is 13.6 Å². The fourth-order valence-corrected chi connectivity index (χ4v) is 0. The van der Waals surface area contributed by atoms with Crippen molar-refractivity contribution in [2.45, 2.75) is 0 Å². The van der Waals surface area contributed by atoms with Gasteiger partial charge < -0.3 is 4.55 Å². The molecule has 0 aliphatic rings. The number of rotatable bonds is 0. The van der Waals surface area contributed by atoms with Crippen LogP contribution in [0.2, 0.25) is 0 Å². The molecular weight excluding hydrogens is 150 g/mol. The van der Waals surface area contributed by atoms with Crippen LogP contribution in [0.1, 0.15) is 0 Å². The zero-order valence-corrected chi connectivity index (χ0v) is 4.48. The Morgan fingerprint density at radius 1 is 1.50 bits per heavy atom. The summed E-state index contributed by atoms with van der Waals surface area (Å²) in [6, 6.07) is 0. The maximum Gasteiger partial charge on any atom is 0.156 e. The molecule has 0 atom stereocenters. The van der Waals surface area contributed by atoms with Crippen molar-refractivity contribution in [3.8, 4) is 0 Å². The number of hydrogen-bond donors (Lipinski definition) is 1. The van der Waals surface area contributed by atoms with Crippen LogP contribution < -0.4 is 5.14 Å². The van der Waals surface area contributed by atoms with Crippen LogP contribution in [0.15, 0.2) is 0 Å². The molecule has 6 heteroatoms. The van der Waals surface area contributed by atoms with Crippen molar-refractivity contribution < 1.29 is 30.0 Å². The van der Waals surface area contributed by atoms with E-state index in [1.54, 1.807) is 0 Å². The third kappa shape index (κ3) is 332. The molecule has 0 fully saturated rings. The molecule has 0 aromatic carbocycles. The fraction of sp³-hybridized carbons (Fsp3) is 0. The first-order chi connectivity index (χ1) is 2.00. The van der Waals surface area contributed by atoms with E-state index in [1.165, 1.54) is 0 Å². The van der Waals surface area contributed by atoms with Crippen molar-refractivity contribution in [2.75, 3.05) is 0 Å². The topological polar surface area (TPSA) is 83.2 Å². The van der Waals surface area contributed by atoms with Gasteiger partial charge in [0.1, 0.15) is 0 Å². The van der Waals surface area contributed by atoms with E-state index < -0.39 is 10.3 Å². The number of nitrogens with two attached hydrogens (primary N) is 1. The molecule has 0 aliphatic heterocycles. The van der Waals surface area contributed by atoms with Gasteiger partial charge >= 0.3 is 0 Å². The summed E-state index contributed by atoms with van der Waals surface area (Å²) in [5.41, 5.74) is 0. The second-order valence-electron chi connectivity index (χ2n) is 0.493. The number of hydrogen-bond acceptors (Lipinski definition) is 3. The van der Waals surface area contributed by atoms with Crippen molar-refractivity contribution in [3.63, 3.8) is 0 Å².